The average Bonchev–Trinajstić information content (AvgIpc) is 2.32. The fourth-order valence-electron chi connectivity index (χ4n) is 2.51. The molecule has 100 valence electrons. The zero-order valence-corrected chi connectivity index (χ0v) is 11.5. The van der Waals surface area contributed by atoms with E-state index < -0.39 is 0 Å². The Balaban J connectivity index is 0.00000144. The molecule has 2 unspecified atom stereocenters. The Bertz CT molecular complexity index is 257. The van der Waals surface area contributed by atoms with Crippen molar-refractivity contribution in [3.05, 3.63) is 0 Å². The second-order valence-corrected chi connectivity index (χ2v) is 5.03. The SMILES string of the molecule is CC1CN(C(=O)[C@@H]2CCCNC2)C(C)CO1.Cl. The highest BCUT2D eigenvalue weighted by Gasteiger charge is 2.32. The Morgan fingerprint density at radius 3 is 2.82 bits per heavy atom. The fraction of sp³-hybridized carbons (Fsp3) is 0.917. The van der Waals surface area contributed by atoms with Crippen LogP contribution in [0.15, 0.2) is 0 Å². The minimum Gasteiger partial charge on any atom is -0.375 e. The Kier molecular flexibility index (Phi) is 5.70. The predicted octanol–water partition coefficient (Wildman–Crippen LogP) is 1.04. The second-order valence-electron chi connectivity index (χ2n) is 5.03. The molecule has 2 aliphatic rings. The highest BCUT2D eigenvalue weighted by Crippen LogP contribution is 2.18. The predicted molar refractivity (Wildman–Crippen MR) is 69.4 cm³/mol. The highest BCUT2D eigenvalue weighted by atomic mass is 35.5. The zero-order chi connectivity index (χ0) is 11.5. The number of amides is 1. The number of carbonyl (C=O) groups excluding carboxylic acids is 1. The van der Waals surface area contributed by atoms with Gasteiger partial charge in [-0.1, -0.05) is 0 Å². The zero-order valence-electron chi connectivity index (χ0n) is 10.6. The lowest BCUT2D eigenvalue weighted by molar-refractivity contribution is -0.148. The first-order valence-electron chi connectivity index (χ1n) is 6.31. The molecule has 4 nitrogen and oxygen atoms in total. The molecule has 3 atom stereocenters. The van der Waals surface area contributed by atoms with Crippen LogP contribution in [0.1, 0.15) is 26.7 Å². The summed E-state index contributed by atoms with van der Waals surface area (Å²) in [7, 11) is 0. The smallest absolute Gasteiger partial charge is 0.227 e. The Hall–Kier alpha value is -0.320. The van der Waals surface area contributed by atoms with Crippen LogP contribution in [0, 0.1) is 5.92 Å². The van der Waals surface area contributed by atoms with E-state index in [9.17, 15) is 4.79 Å². The lowest BCUT2D eigenvalue weighted by Gasteiger charge is -2.39. The van der Waals surface area contributed by atoms with Crippen molar-refractivity contribution in [1.82, 2.24) is 10.2 Å². The van der Waals surface area contributed by atoms with Crippen LogP contribution in [0.2, 0.25) is 0 Å². The second kappa shape index (κ2) is 6.57. The molecule has 0 bridgehead atoms. The molecule has 2 rings (SSSR count). The summed E-state index contributed by atoms with van der Waals surface area (Å²) in [6, 6.07) is 0.227. The summed E-state index contributed by atoms with van der Waals surface area (Å²) >= 11 is 0. The number of morpholine rings is 1. The summed E-state index contributed by atoms with van der Waals surface area (Å²) in [4.78, 5) is 14.3. The average molecular weight is 263 g/mol. The van der Waals surface area contributed by atoms with Crippen LogP contribution >= 0.6 is 12.4 Å². The van der Waals surface area contributed by atoms with Crippen molar-refractivity contribution < 1.29 is 9.53 Å². The number of hydrogen-bond donors (Lipinski definition) is 1. The third-order valence-electron chi connectivity index (χ3n) is 3.54. The Morgan fingerprint density at radius 1 is 1.41 bits per heavy atom. The Labute approximate surface area is 109 Å². The van der Waals surface area contributed by atoms with Gasteiger partial charge in [0.1, 0.15) is 0 Å². The van der Waals surface area contributed by atoms with Crippen molar-refractivity contribution in [3.8, 4) is 0 Å². The van der Waals surface area contributed by atoms with Crippen molar-refractivity contribution in [1.29, 1.82) is 0 Å². The molecule has 0 spiro atoms. The van der Waals surface area contributed by atoms with E-state index in [4.69, 9.17) is 4.74 Å². The van der Waals surface area contributed by atoms with Gasteiger partial charge < -0.3 is 15.0 Å². The summed E-state index contributed by atoms with van der Waals surface area (Å²) in [5, 5.41) is 3.30. The molecule has 5 heteroatoms. The standard InChI is InChI=1S/C12H22N2O2.ClH/c1-9-8-16-10(2)7-14(9)12(15)11-4-3-5-13-6-11;/h9-11,13H,3-8H2,1-2H3;1H/t9?,10?,11-;/m1./s1. The van der Waals surface area contributed by atoms with Crippen LogP contribution in [-0.4, -0.2) is 49.2 Å². The molecule has 0 saturated carbocycles. The van der Waals surface area contributed by atoms with E-state index in [0.717, 1.165) is 32.5 Å². The van der Waals surface area contributed by atoms with Crippen molar-refractivity contribution in [2.24, 2.45) is 5.92 Å². The first kappa shape index (κ1) is 14.7. The van der Waals surface area contributed by atoms with Gasteiger partial charge in [-0.3, -0.25) is 4.79 Å². The van der Waals surface area contributed by atoms with Crippen molar-refractivity contribution in [3.63, 3.8) is 0 Å². The number of piperidine rings is 1. The first-order chi connectivity index (χ1) is 7.68. The van der Waals surface area contributed by atoms with Gasteiger partial charge in [0.15, 0.2) is 0 Å². The van der Waals surface area contributed by atoms with Crippen molar-refractivity contribution in [2.75, 3.05) is 26.2 Å². The van der Waals surface area contributed by atoms with Crippen molar-refractivity contribution >= 4 is 18.3 Å². The molecule has 1 N–H and O–H groups in total. The van der Waals surface area contributed by atoms with E-state index in [-0.39, 0.29) is 30.5 Å². The number of ether oxygens (including phenoxy) is 1. The van der Waals surface area contributed by atoms with Crippen LogP contribution in [-0.2, 0) is 9.53 Å². The fourth-order valence-corrected chi connectivity index (χ4v) is 2.51. The molecular formula is C12H23ClN2O2. The van der Waals surface area contributed by atoms with Gasteiger partial charge in [-0.15, -0.1) is 12.4 Å². The largest absolute Gasteiger partial charge is 0.375 e. The summed E-state index contributed by atoms with van der Waals surface area (Å²) in [6.45, 7) is 7.42. The molecule has 2 aliphatic heterocycles. The Morgan fingerprint density at radius 2 is 2.18 bits per heavy atom. The van der Waals surface area contributed by atoms with Gasteiger partial charge in [0.25, 0.3) is 0 Å². The molecule has 0 aromatic rings. The number of rotatable bonds is 1. The van der Waals surface area contributed by atoms with Gasteiger partial charge in [-0.2, -0.15) is 0 Å². The van der Waals surface area contributed by atoms with Crippen LogP contribution in [0.4, 0.5) is 0 Å². The van der Waals surface area contributed by atoms with Gasteiger partial charge in [-0.05, 0) is 33.2 Å². The maximum absolute atomic E-state index is 12.3. The maximum atomic E-state index is 12.3. The number of hydrogen-bond acceptors (Lipinski definition) is 3. The summed E-state index contributed by atoms with van der Waals surface area (Å²) in [5.74, 6) is 0.497. The lowest BCUT2D eigenvalue weighted by Crippen LogP contribution is -2.53. The minimum absolute atomic E-state index is 0. The molecule has 0 aromatic heterocycles. The van der Waals surface area contributed by atoms with E-state index in [1.807, 2.05) is 11.8 Å². The monoisotopic (exact) mass is 262 g/mol. The molecular weight excluding hydrogens is 240 g/mol. The molecule has 2 fully saturated rings. The van der Waals surface area contributed by atoms with Crippen LogP contribution in [0.3, 0.4) is 0 Å². The topological polar surface area (TPSA) is 41.6 Å². The number of nitrogens with zero attached hydrogens (tertiary/aromatic N) is 1. The molecule has 17 heavy (non-hydrogen) atoms. The van der Waals surface area contributed by atoms with Gasteiger partial charge in [0, 0.05) is 13.1 Å². The molecule has 2 saturated heterocycles. The molecule has 0 radical (unpaired) electrons. The highest BCUT2D eigenvalue weighted by molar-refractivity contribution is 5.85. The molecule has 2 heterocycles. The third kappa shape index (κ3) is 3.57. The quantitative estimate of drug-likeness (QED) is 0.768. The van der Waals surface area contributed by atoms with Gasteiger partial charge >= 0.3 is 0 Å². The van der Waals surface area contributed by atoms with Crippen LogP contribution in [0.25, 0.3) is 0 Å². The minimum atomic E-state index is 0. The first-order valence-corrected chi connectivity index (χ1v) is 6.31. The number of nitrogens with one attached hydrogen (secondary N) is 1. The summed E-state index contributed by atoms with van der Waals surface area (Å²) in [6.07, 6.45) is 2.33. The van der Waals surface area contributed by atoms with E-state index in [2.05, 4.69) is 12.2 Å². The van der Waals surface area contributed by atoms with E-state index >= 15 is 0 Å². The van der Waals surface area contributed by atoms with E-state index in [1.165, 1.54) is 0 Å². The molecule has 0 aromatic carbocycles. The van der Waals surface area contributed by atoms with Gasteiger partial charge in [0.2, 0.25) is 5.91 Å². The lowest BCUT2D eigenvalue weighted by atomic mass is 9.97. The normalized spacial score (nSPS) is 34.0. The molecule has 1 amide bonds. The van der Waals surface area contributed by atoms with Crippen LogP contribution < -0.4 is 5.32 Å². The molecule has 0 aliphatic carbocycles. The third-order valence-corrected chi connectivity index (χ3v) is 3.54. The summed E-state index contributed by atoms with van der Waals surface area (Å²) in [5.41, 5.74) is 0. The maximum Gasteiger partial charge on any atom is 0.227 e. The van der Waals surface area contributed by atoms with Crippen molar-refractivity contribution in [2.45, 2.75) is 38.8 Å². The van der Waals surface area contributed by atoms with Crippen LogP contribution in [0.5, 0.6) is 0 Å². The number of carbonyl (C=O) groups is 1. The number of halogens is 1. The van der Waals surface area contributed by atoms with E-state index in [0.29, 0.717) is 12.5 Å². The van der Waals surface area contributed by atoms with Gasteiger partial charge in [-0.25, -0.2) is 0 Å². The van der Waals surface area contributed by atoms with E-state index in [1.54, 1.807) is 0 Å². The summed E-state index contributed by atoms with van der Waals surface area (Å²) < 4.78 is 5.55. The van der Waals surface area contributed by atoms with Gasteiger partial charge in [0.05, 0.1) is 24.7 Å².